The highest BCUT2D eigenvalue weighted by Gasteiger charge is 2.40. The molecule has 188 valence electrons. The lowest BCUT2D eigenvalue weighted by molar-refractivity contribution is -0.139. The molecule has 2 amide bonds. The number of likely N-dealkylation sites (tertiary alicyclic amines) is 2. The Morgan fingerprint density at radius 2 is 1.51 bits per heavy atom. The van der Waals surface area contributed by atoms with Gasteiger partial charge in [-0.1, -0.05) is 23.7 Å². The fraction of sp³-hybridized carbons (Fsp3) is 0.481. The lowest BCUT2D eigenvalue weighted by atomic mass is 9.75. The van der Waals surface area contributed by atoms with E-state index in [1.165, 1.54) is 18.6 Å². The lowest BCUT2D eigenvalue weighted by Gasteiger charge is -2.42. The van der Waals surface area contributed by atoms with E-state index < -0.39 is 5.82 Å². The molecule has 35 heavy (non-hydrogen) atoms. The molecule has 4 rings (SSSR count). The number of piperidine rings is 2. The molecule has 0 aliphatic carbocycles. The summed E-state index contributed by atoms with van der Waals surface area (Å²) in [6.07, 6.45) is 4.96. The summed E-state index contributed by atoms with van der Waals surface area (Å²) in [5, 5.41) is 0.597. The van der Waals surface area contributed by atoms with Crippen LogP contribution in [0.25, 0.3) is 0 Å². The topological polar surface area (TPSA) is 59.1 Å². The van der Waals surface area contributed by atoms with Gasteiger partial charge >= 0.3 is 0 Å². The second-order valence-corrected chi connectivity index (χ2v) is 9.93. The van der Waals surface area contributed by atoms with Gasteiger partial charge in [-0.15, -0.1) is 0 Å². The maximum absolute atomic E-state index is 13.4. The van der Waals surface area contributed by atoms with E-state index in [0.29, 0.717) is 55.5 Å². The Bertz CT molecular complexity index is 1020. The Balaban J connectivity index is 1.37. The van der Waals surface area contributed by atoms with Crippen LogP contribution in [0.15, 0.2) is 48.5 Å². The first-order valence-corrected chi connectivity index (χ1v) is 12.6. The highest BCUT2D eigenvalue weighted by Crippen LogP contribution is 2.37. The second-order valence-electron chi connectivity index (χ2n) is 9.49. The predicted molar refractivity (Wildman–Crippen MR) is 132 cm³/mol. The highest BCUT2D eigenvalue weighted by atomic mass is 35.5. The van der Waals surface area contributed by atoms with Gasteiger partial charge in [0.25, 0.3) is 5.91 Å². The lowest BCUT2D eigenvalue weighted by Crippen LogP contribution is -2.49. The van der Waals surface area contributed by atoms with Crippen molar-refractivity contribution in [1.82, 2.24) is 9.80 Å². The number of carbonyl (C=O) groups is 2. The molecular formula is C27H32ClFN2O4. The molecule has 2 heterocycles. The molecule has 0 N–H and O–H groups in total. The summed E-state index contributed by atoms with van der Waals surface area (Å²) in [5.41, 5.74) is -0.364. The van der Waals surface area contributed by atoms with Crippen LogP contribution in [0.5, 0.6) is 11.5 Å². The van der Waals surface area contributed by atoms with Crippen molar-refractivity contribution in [3.05, 3.63) is 59.4 Å². The number of hydrogen-bond acceptors (Lipinski definition) is 4. The molecular weight excluding hydrogens is 471 g/mol. The van der Waals surface area contributed by atoms with Crippen LogP contribution >= 0.6 is 11.6 Å². The van der Waals surface area contributed by atoms with Crippen LogP contribution < -0.4 is 9.47 Å². The zero-order valence-corrected chi connectivity index (χ0v) is 20.6. The van der Waals surface area contributed by atoms with Gasteiger partial charge in [-0.2, -0.15) is 0 Å². The Morgan fingerprint density at radius 1 is 0.857 bits per heavy atom. The summed E-state index contributed by atoms with van der Waals surface area (Å²) >= 11 is 6.11. The second kappa shape index (κ2) is 11.8. The Hall–Kier alpha value is -2.80. The van der Waals surface area contributed by atoms with Crippen LogP contribution in [0.1, 0.15) is 38.5 Å². The van der Waals surface area contributed by atoms with Crippen molar-refractivity contribution in [1.29, 1.82) is 0 Å². The average Bonchev–Trinajstić information content (AvgIpc) is 2.87. The van der Waals surface area contributed by atoms with Gasteiger partial charge in [0.15, 0.2) is 6.61 Å². The van der Waals surface area contributed by atoms with Gasteiger partial charge in [0.05, 0.1) is 6.61 Å². The fourth-order valence-electron chi connectivity index (χ4n) is 4.76. The summed E-state index contributed by atoms with van der Waals surface area (Å²) in [6.45, 7) is 2.88. The van der Waals surface area contributed by atoms with Gasteiger partial charge in [-0.3, -0.25) is 9.59 Å². The van der Waals surface area contributed by atoms with E-state index in [0.717, 1.165) is 25.9 Å². The molecule has 2 aliphatic rings. The Morgan fingerprint density at radius 3 is 2.20 bits per heavy atom. The minimum Gasteiger partial charge on any atom is -0.493 e. The summed E-state index contributed by atoms with van der Waals surface area (Å²) in [7, 11) is 0. The zero-order chi connectivity index (χ0) is 24.7. The molecule has 0 bridgehead atoms. The molecule has 0 spiro atoms. The van der Waals surface area contributed by atoms with E-state index >= 15 is 0 Å². The summed E-state index contributed by atoms with van der Waals surface area (Å²) in [4.78, 5) is 29.6. The van der Waals surface area contributed by atoms with Gasteiger partial charge in [-0.25, -0.2) is 4.39 Å². The summed E-state index contributed by atoms with van der Waals surface area (Å²) < 4.78 is 25.0. The van der Waals surface area contributed by atoms with E-state index in [9.17, 15) is 14.0 Å². The third-order valence-corrected chi connectivity index (χ3v) is 7.15. The molecule has 2 fully saturated rings. The first-order chi connectivity index (χ1) is 16.9. The molecule has 0 aromatic heterocycles. The molecule has 2 saturated heterocycles. The maximum Gasteiger partial charge on any atom is 0.260 e. The van der Waals surface area contributed by atoms with Crippen molar-refractivity contribution in [3.63, 3.8) is 0 Å². The quantitative estimate of drug-likeness (QED) is 0.512. The van der Waals surface area contributed by atoms with E-state index in [1.54, 1.807) is 29.2 Å². The van der Waals surface area contributed by atoms with Crippen LogP contribution in [-0.2, 0) is 9.59 Å². The SMILES string of the molecule is O=C(COc1cccc(F)c1)N1CCC(COc2cccc(Cl)c2)(CC(=O)N2CCCCC2)CC1. The van der Waals surface area contributed by atoms with Crippen LogP contribution in [0, 0.1) is 11.2 Å². The van der Waals surface area contributed by atoms with Crippen LogP contribution in [0.2, 0.25) is 5.02 Å². The Labute approximate surface area is 210 Å². The van der Waals surface area contributed by atoms with E-state index in [4.69, 9.17) is 21.1 Å². The van der Waals surface area contributed by atoms with Gasteiger partial charge in [0, 0.05) is 49.1 Å². The normalized spacial score (nSPS) is 17.7. The van der Waals surface area contributed by atoms with E-state index in [2.05, 4.69) is 0 Å². The standard InChI is InChI=1S/C27H32ClFN2O4/c28-21-6-4-8-23(16-21)35-20-27(18-25(32)30-12-2-1-3-13-30)10-14-31(15-11-27)26(33)19-34-24-9-5-7-22(29)17-24/h4-9,16-17H,1-3,10-15,18-20H2. The number of halogens is 2. The van der Waals surface area contributed by atoms with E-state index in [-0.39, 0.29) is 23.8 Å². The average molecular weight is 503 g/mol. The largest absolute Gasteiger partial charge is 0.493 e. The minimum absolute atomic E-state index is 0.151. The number of carbonyl (C=O) groups excluding carboxylic acids is 2. The van der Waals surface area contributed by atoms with Gasteiger partial charge in [-0.05, 0) is 62.4 Å². The molecule has 8 heteroatoms. The molecule has 0 radical (unpaired) electrons. The van der Waals surface area contributed by atoms with Crippen LogP contribution in [-0.4, -0.2) is 61.0 Å². The third kappa shape index (κ3) is 7.10. The monoisotopic (exact) mass is 502 g/mol. The van der Waals surface area contributed by atoms with Crippen molar-refractivity contribution >= 4 is 23.4 Å². The first-order valence-electron chi connectivity index (χ1n) is 12.2. The van der Waals surface area contributed by atoms with Crippen molar-refractivity contribution in [2.75, 3.05) is 39.4 Å². The van der Waals surface area contributed by atoms with E-state index in [1.807, 2.05) is 17.0 Å². The number of rotatable bonds is 8. The minimum atomic E-state index is -0.407. The molecule has 0 atom stereocenters. The summed E-state index contributed by atoms with van der Waals surface area (Å²) in [6, 6.07) is 13.0. The molecule has 6 nitrogen and oxygen atoms in total. The van der Waals surface area contributed by atoms with Crippen LogP contribution in [0.4, 0.5) is 4.39 Å². The summed E-state index contributed by atoms with van der Waals surface area (Å²) in [5.74, 6) is 0.599. The molecule has 2 aromatic rings. The number of hydrogen-bond donors (Lipinski definition) is 0. The highest BCUT2D eigenvalue weighted by molar-refractivity contribution is 6.30. The van der Waals surface area contributed by atoms with Gasteiger partial charge < -0.3 is 19.3 Å². The number of ether oxygens (including phenoxy) is 2. The predicted octanol–water partition coefficient (Wildman–Crippen LogP) is 4.95. The van der Waals surface area contributed by atoms with Crippen molar-refractivity contribution < 1.29 is 23.5 Å². The fourth-order valence-corrected chi connectivity index (χ4v) is 4.95. The zero-order valence-electron chi connectivity index (χ0n) is 19.9. The first kappa shape index (κ1) is 25.3. The smallest absolute Gasteiger partial charge is 0.260 e. The number of amides is 2. The van der Waals surface area contributed by atoms with Gasteiger partial charge in [0.1, 0.15) is 17.3 Å². The Kier molecular flexibility index (Phi) is 8.50. The molecule has 2 aromatic carbocycles. The molecule has 0 unspecified atom stereocenters. The van der Waals surface area contributed by atoms with Gasteiger partial charge in [0.2, 0.25) is 5.91 Å². The molecule has 0 saturated carbocycles. The maximum atomic E-state index is 13.4. The van der Waals surface area contributed by atoms with Crippen molar-refractivity contribution in [3.8, 4) is 11.5 Å². The van der Waals surface area contributed by atoms with Crippen molar-refractivity contribution in [2.45, 2.75) is 38.5 Å². The van der Waals surface area contributed by atoms with Crippen molar-refractivity contribution in [2.24, 2.45) is 5.41 Å². The van der Waals surface area contributed by atoms with Crippen LogP contribution in [0.3, 0.4) is 0 Å². The number of nitrogens with zero attached hydrogens (tertiary/aromatic N) is 2. The number of benzene rings is 2. The molecule has 2 aliphatic heterocycles. The third-order valence-electron chi connectivity index (χ3n) is 6.91.